The van der Waals surface area contributed by atoms with E-state index in [2.05, 4.69) is 37.3 Å². The molecule has 34 heavy (non-hydrogen) atoms. The summed E-state index contributed by atoms with van der Waals surface area (Å²) in [5.74, 6) is 0.707. The van der Waals surface area contributed by atoms with Gasteiger partial charge in [-0.15, -0.1) is 6.42 Å². The van der Waals surface area contributed by atoms with Crippen LogP contribution in [-0.2, 0) is 5.54 Å². The Morgan fingerprint density at radius 1 is 1.32 bits per heavy atom. The van der Waals surface area contributed by atoms with Gasteiger partial charge in [0, 0.05) is 29.3 Å². The van der Waals surface area contributed by atoms with E-state index in [4.69, 9.17) is 16.9 Å². The molecule has 3 N–H and O–H groups in total. The van der Waals surface area contributed by atoms with Gasteiger partial charge >= 0.3 is 0 Å². The molecule has 3 atom stereocenters. The van der Waals surface area contributed by atoms with Crippen molar-refractivity contribution in [3.63, 3.8) is 0 Å². The van der Waals surface area contributed by atoms with E-state index in [9.17, 15) is 9.65 Å². The van der Waals surface area contributed by atoms with Gasteiger partial charge in [-0.1, -0.05) is 17.7 Å². The summed E-state index contributed by atoms with van der Waals surface area (Å²) in [5, 5.41) is 12.8. The summed E-state index contributed by atoms with van der Waals surface area (Å²) in [4.78, 5) is 17.1. The number of thioether (sulfide) groups is 1. The third-order valence-electron chi connectivity index (χ3n) is 6.02. The zero-order valence-electron chi connectivity index (χ0n) is 17.8. The second-order valence-electron chi connectivity index (χ2n) is 8.16. The van der Waals surface area contributed by atoms with E-state index in [1.165, 1.54) is 30.4 Å². The van der Waals surface area contributed by atoms with Gasteiger partial charge in [-0.3, -0.25) is 4.99 Å². The Kier molecular flexibility index (Phi) is 5.03. The fourth-order valence-corrected chi connectivity index (χ4v) is 5.58. The van der Waals surface area contributed by atoms with Crippen molar-refractivity contribution in [1.29, 1.82) is 5.26 Å². The van der Waals surface area contributed by atoms with Gasteiger partial charge in [0.1, 0.15) is 28.9 Å². The summed E-state index contributed by atoms with van der Waals surface area (Å²) in [6.07, 6.45) is 8.48. The Bertz CT molecular complexity index is 1450. The monoisotopic (exact) mass is 477 g/mol. The lowest BCUT2D eigenvalue weighted by Crippen LogP contribution is -2.35. The van der Waals surface area contributed by atoms with Crippen LogP contribution >= 0.6 is 11.8 Å². The number of fused-ring (bicyclic) bond motifs is 2. The Morgan fingerprint density at radius 2 is 2.15 bits per heavy atom. The van der Waals surface area contributed by atoms with Gasteiger partial charge in [0.15, 0.2) is 22.6 Å². The lowest BCUT2D eigenvalue weighted by atomic mass is 9.85. The Balaban J connectivity index is 1.54. The number of nitriles is 1. The highest BCUT2D eigenvalue weighted by molar-refractivity contribution is 8.15. The predicted octanol–water partition coefficient (Wildman–Crippen LogP) is 3.62. The zero-order chi connectivity index (χ0) is 24.1. The largest absolute Gasteiger partial charge is 0.479 e. The molecule has 2 aliphatic rings. The maximum atomic E-state index is 15.0. The topological polar surface area (TPSA) is 122 Å². The fraction of sp³-hybridized carbons (Fsp3) is 0.261. The molecule has 1 fully saturated rings. The van der Waals surface area contributed by atoms with Crippen LogP contribution in [0.15, 0.2) is 35.7 Å². The van der Waals surface area contributed by atoms with Gasteiger partial charge in [-0.2, -0.15) is 5.26 Å². The molecule has 2 aromatic heterocycles. The summed E-state index contributed by atoms with van der Waals surface area (Å²) in [7, 11) is 0. The first-order chi connectivity index (χ1) is 16.3. The minimum Gasteiger partial charge on any atom is -0.479 e. The van der Waals surface area contributed by atoms with Gasteiger partial charge in [0.05, 0.1) is 23.3 Å². The van der Waals surface area contributed by atoms with E-state index in [1.54, 1.807) is 13.0 Å². The van der Waals surface area contributed by atoms with Crippen LogP contribution in [-0.4, -0.2) is 31.5 Å². The molecule has 5 rings (SSSR count). The predicted molar refractivity (Wildman–Crippen MR) is 124 cm³/mol. The lowest BCUT2D eigenvalue weighted by molar-refractivity contribution is 0.369. The van der Waals surface area contributed by atoms with Crippen molar-refractivity contribution in [1.82, 2.24) is 15.0 Å². The van der Waals surface area contributed by atoms with Crippen LogP contribution in [0.5, 0.6) is 5.75 Å². The van der Waals surface area contributed by atoms with Gasteiger partial charge in [0.2, 0.25) is 0 Å². The molecule has 0 bridgehead atoms. The van der Waals surface area contributed by atoms with Crippen molar-refractivity contribution in [2.75, 3.05) is 11.9 Å². The molecule has 3 aromatic rings. The number of pyridine rings is 1. The number of aromatic nitrogens is 3. The highest BCUT2D eigenvalue weighted by atomic mass is 32.2. The highest BCUT2D eigenvalue weighted by Gasteiger charge is 2.67. The van der Waals surface area contributed by atoms with Crippen LogP contribution in [0.2, 0.25) is 0 Å². The van der Waals surface area contributed by atoms with Gasteiger partial charge < -0.3 is 15.8 Å². The standard InChI is InChI=1S/C23H17F2N7OS/c1-3-4-33-13-7-16-19(28-9-13)20(30-11-29-16)31-12-5-14(18(25)15(24)6-12)22(2)17-8-23(17,10-26)34-21(27)32-22/h1,5-7,9,11,17H,4,8H2,2H3,(H2,27,32)(H,29,30,31)/t17-,22+,23+/m0/s1. The molecule has 8 nitrogen and oxygen atoms in total. The Morgan fingerprint density at radius 3 is 2.91 bits per heavy atom. The van der Waals surface area contributed by atoms with E-state index < -0.39 is 21.9 Å². The molecule has 0 unspecified atom stereocenters. The number of nitrogens with zero attached hydrogens (tertiary/aromatic N) is 5. The summed E-state index contributed by atoms with van der Waals surface area (Å²) < 4.78 is 34.3. The van der Waals surface area contributed by atoms with Crippen LogP contribution in [0.25, 0.3) is 11.0 Å². The second kappa shape index (κ2) is 7.82. The third kappa shape index (κ3) is 3.45. The minimum absolute atomic E-state index is 0.0108. The van der Waals surface area contributed by atoms with Crippen molar-refractivity contribution in [2.45, 2.75) is 23.6 Å². The smallest absolute Gasteiger partial charge is 0.164 e. The van der Waals surface area contributed by atoms with E-state index in [0.717, 1.165) is 6.07 Å². The van der Waals surface area contributed by atoms with E-state index >= 15 is 4.39 Å². The lowest BCUT2D eigenvalue weighted by Gasteiger charge is -2.32. The van der Waals surface area contributed by atoms with Gasteiger partial charge in [-0.25, -0.2) is 23.7 Å². The Hall–Kier alpha value is -3.96. The second-order valence-corrected chi connectivity index (χ2v) is 9.51. The maximum absolute atomic E-state index is 15.0. The molecule has 1 aliphatic heterocycles. The molecule has 3 heterocycles. The number of hydrogen-bond acceptors (Lipinski definition) is 9. The number of ether oxygens (including phenoxy) is 1. The average Bonchev–Trinajstić information content (AvgIpc) is 3.56. The van der Waals surface area contributed by atoms with Crippen LogP contribution in [0, 0.1) is 41.2 Å². The number of halogens is 2. The van der Waals surface area contributed by atoms with Crippen molar-refractivity contribution in [2.24, 2.45) is 16.6 Å². The van der Waals surface area contributed by atoms with E-state index in [0.29, 0.717) is 23.2 Å². The van der Waals surface area contributed by atoms with Crippen molar-refractivity contribution < 1.29 is 13.5 Å². The first kappa shape index (κ1) is 21.9. The molecule has 1 aromatic carbocycles. The van der Waals surface area contributed by atoms with Crippen molar-refractivity contribution >= 4 is 39.5 Å². The third-order valence-corrected chi connectivity index (χ3v) is 7.22. The fourth-order valence-electron chi connectivity index (χ4n) is 4.31. The molecule has 1 saturated carbocycles. The molecule has 170 valence electrons. The number of rotatable bonds is 5. The van der Waals surface area contributed by atoms with Crippen LogP contribution < -0.4 is 15.8 Å². The quantitative estimate of drug-likeness (QED) is 0.535. The number of nitrogens with one attached hydrogen (secondary N) is 1. The van der Waals surface area contributed by atoms with Gasteiger partial charge in [-0.05, 0) is 19.4 Å². The van der Waals surface area contributed by atoms with Crippen molar-refractivity contribution in [3.05, 3.63) is 47.9 Å². The average molecular weight is 478 g/mol. The summed E-state index contributed by atoms with van der Waals surface area (Å²) in [6, 6.07) is 6.39. The molecular formula is C23H17F2N7OS. The van der Waals surface area contributed by atoms with Crippen LogP contribution in [0.4, 0.5) is 20.3 Å². The van der Waals surface area contributed by atoms with E-state index in [-0.39, 0.29) is 34.8 Å². The highest BCUT2D eigenvalue weighted by Crippen LogP contribution is 2.65. The minimum atomic E-state index is -1.19. The number of anilines is 2. The molecule has 0 saturated heterocycles. The van der Waals surface area contributed by atoms with Crippen LogP contribution in [0.1, 0.15) is 18.9 Å². The van der Waals surface area contributed by atoms with Crippen LogP contribution in [0.3, 0.4) is 0 Å². The van der Waals surface area contributed by atoms with Gasteiger partial charge in [0.25, 0.3) is 0 Å². The normalized spacial score (nSPS) is 25.0. The first-order valence-corrected chi connectivity index (χ1v) is 11.0. The molecule has 0 spiro atoms. The number of nitrogens with two attached hydrogens (primary N) is 1. The number of aliphatic imine (C=N–C) groups is 1. The maximum Gasteiger partial charge on any atom is 0.164 e. The first-order valence-electron chi connectivity index (χ1n) is 10.2. The molecule has 0 amide bonds. The Labute approximate surface area is 197 Å². The molecule has 1 aliphatic carbocycles. The van der Waals surface area contributed by atoms with E-state index in [1.807, 2.05) is 0 Å². The number of terminal acetylenes is 1. The zero-order valence-corrected chi connectivity index (χ0v) is 18.7. The summed E-state index contributed by atoms with van der Waals surface area (Å²) in [6.45, 7) is 1.75. The SMILES string of the molecule is C#CCOc1cnc2c(Nc3cc(F)c(F)c([C@@]4(C)N=C(N)S[C@@]5(C#N)C[C@H]54)c3)ncnc2c1. The molecule has 0 radical (unpaired) electrons. The summed E-state index contributed by atoms with van der Waals surface area (Å²) in [5.41, 5.74) is 5.89. The number of amidine groups is 1. The van der Waals surface area contributed by atoms with Crippen molar-refractivity contribution in [3.8, 4) is 24.2 Å². The molecule has 11 heteroatoms. The number of hydrogen-bond donors (Lipinski definition) is 2. The number of benzene rings is 1. The summed E-state index contributed by atoms with van der Waals surface area (Å²) >= 11 is 1.17. The molecular weight excluding hydrogens is 460 g/mol.